The predicted octanol–water partition coefficient (Wildman–Crippen LogP) is 5.22. The molecule has 0 bridgehead atoms. The zero-order chi connectivity index (χ0) is 24.0. The summed E-state index contributed by atoms with van der Waals surface area (Å²) in [6, 6.07) is 2.39. The van der Waals surface area contributed by atoms with Crippen LogP contribution in [0.3, 0.4) is 0 Å². The van der Waals surface area contributed by atoms with Gasteiger partial charge >= 0.3 is 6.18 Å². The van der Waals surface area contributed by atoms with Crippen LogP contribution < -0.4 is 0 Å². The topological polar surface area (TPSA) is 89.5 Å². The number of hydrogen-bond donors (Lipinski definition) is 1. The van der Waals surface area contributed by atoms with Crippen molar-refractivity contribution in [2.75, 3.05) is 6.61 Å². The molecule has 34 heavy (non-hydrogen) atoms. The molecule has 0 saturated carbocycles. The van der Waals surface area contributed by atoms with Gasteiger partial charge in [-0.2, -0.15) is 18.3 Å². The van der Waals surface area contributed by atoms with Crippen LogP contribution in [0.4, 0.5) is 17.6 Å². The standard InChI is InChI=1S/C23H20F4N6O/c1-11-12(2)31-22-20(30-11)19(16-4-3-15(8-17(16)24)23(25,26)27)32-21(33-22)13-5-6-34-18(7-13)14-9-28-29-10-14/h3-4,8-10,13,18H,5-7H2,1-2H3,(H,28,29). The highest BCUT2D eigenvalue weighted by molar-refractivity contribution is 5.87. The maximum atomic E-state index is 15.0. The summed E-state index contributed by atoms with van der Waals surface area (Å²) < 4.78 is 60.1. The van der Waals surface area contributed by atoms with E-state index in [0.29, 0.717) is 42.7 Å². The maximum Gasteiger partial charge on any atom is 0.416 e. The molecule has 1 aliphatic rings. The fraction of sp³-hybridized carbons (Fsp3) is 0.348. The van der Waals surface area contributed by atoms with Gasteiger partial charge in [-0.25, -0.2) is 24.3 Å². The number of fused-ring (bicyclic) bond motifs is 1. The monoisotopic (exact) mass is 472 g/mol. The SMILES string of the molecule is Cc1nc2nc(C3CCOC(c4cn[nH]c4)C3)nc(-c3ccc(C(F)(F)F)cc3F)c2nc1C. The molecule has 3 aromatic heterocycles. The number of aromatic amines is 1. The number of nitrogens with one attached hydrogen (secondary N) is 1. The third-order valence-electron chi connectivity index (χ3n) is 6.05. The van der Waals surface area contributed by atoms with E-state index in [9.17, 15) is 17.6 Å². The van der Waals surface area contributed by atoms with E-state index in [0.717, 1.165) is 17.7 Å². The zero-order valence-corrected chi connectivity index (χ0v) is 18.3. The highest BCUT2D eigenvalue weighted by Crippen LogP contribution is 2.38. The molecule has 2 atom stereocenters. The van der Waals surface area contributed by atoms with Crippen molar-refractivity contribution in [1.29, 1.82) is 0 Å². The first-order valence-corrected chi connectivity index (χ1v) is 10.7. The third kappa shape index (κ3) is 4.11. The van der Waals surface area contributed by atoms with Gasteiger partial charge in [0, 0.05) is 29.8 Å². The summed E-state index contributed by atoms with van der Waals surface area (Å²) in [5.74, 6) is -0.738. The smallest absolute Gasteiger partial charge is 0.373 e. The summed E-state index contributed by atoms with van der Waals surface area (Å²) in [7, 11) is 0. The fourth-order valence-corrected chi connectivity index (χ4v) is 4.08. The molecular weight excluding hydrogens is 452 g/mol. The second-order valence-corrected chi connectivity index (χ2v) is 8.30. The van der Waals surface area contributed by atoms with Crippen LogP contribution in [0.2, 0.25) is 0 Å². The van der Waals surface area contributed by atoms with Crippen LogP contribution in [0.25, 0.3) is 22.4 Å². The number of H-pyrrole nitrogens is 1. The molecule has 176 valence electrons. The zero-order valence-electron chi connectivity index (χ0n) is 18.3. The molecule has 4 heterocycles. The van der Waals surface area contributed by atoms with Gasteiger partial charge < -0.3 is 4.74 Å². The van der Waals surface area contributed by atoms with Gasteiger partial charge in [-0.15, -0.1) is 0 Å². The van der Waals surface area contributed by atoms with Crippen LogP contribution in [-0.2, 0) is 10.9 Å². The highest BCUT2D eigenvalue weighted by Gasteiger charge is 2.32. The van der Waals surface area contributed by atoms with Crippen molar-refractivity contribution < 1.29 is 22.3 Å². The lowest BCUT2D eigenvalue weighted by Gasteiger charge is -2.28. The minimum atomic E-state index is -4.66. The summed E-state index contributed by atoms with van der Waals surface area (Å²) in [4.78, 5) is 18.2. The molecule has 1 N–H and O–H groups in total. The molecule has 11 heteroatoms. The lowest BCUT2D eigenvalue weighted by Crippen LogP contribution is -2.20. The molecule has 0 amide bonds. The van der Waals surface area contributed by atoms with Crippen molar-refractivity contribution in [3.8, 4) is 11.3 Å². The first-order valence-electron chi connectivity index (χ1n) is 10.7. The van der Waals surface area contributed by atoms with E-state index in [1.165, 1.54) is 0 Å². The Bertz CT molecular complexity index is 1360. The van der Waals surface area contributed by atoms with E-state index in [1.807, 2.05) is 0 Å². The van der Waals surface area contributed by atoms with E-state index >= 15 is 0 Å². The minimum absolute atomic E-state index is 0.0855. The number of nitrogens with zero attached hydrogens (tertiary/aromatic N) is 5. The molecule has 5 rings (SSSR count). The average molecular weight is 472 g/mol. The van der Waals surface area contributed by atoms with Crippen LogP contribution in [0, 0.1) is 19.7 Å². The van der Waals surface area contributed by atoms with E-state index in [2.05, 4.69) is 30.1 Å². The van der Waals surface area contributed by atoms with Crippen molar-refractivity contribution in [3.63, 3.8) is 0 Å². The van der Waals surface area contributed by atoms with Gasteiger partial charge in [-0.1, -0.05) is 0 Å². The highest BCUT2D eigenvalue weighted by atomic mass is 19.4. The van der Waals surface area contributed by atoms with E-state index in [-0.39, 0.29) is 34.4 Å². The van der Waals surface area contributed by atoms with Crippen LogP contribution in [0.1, 0.15) is 53.2 Å². The van der Waals surface area contributed by atoms with Crippen molar-refractivity contribution in [3.05, 3.63) is 64.7 Å². The summed E-state index contributed by atoms with van der Waals surface area (Å²) in [6.07, 6.45) is -0.223. The molecule has 0 spiro atoms. The average Bonchev–Trinajstić information content (AvgIpc) is 3.34. The normalized spacial score (nSPS) is 19.0. The Hall–Kier alpha value is -3.47. The second kappa shape index (κ2) is 8.39. The number of aryl methyl sites for hydroxylation is 2. The Labute approximate surface area is 191 Å². The number of rotatable bonds is 3. The number of aromatic nitrogens is 6. The van der Waals surface area contributed by atoms with Crippen LogP contribution >= 0.6 is 0 Å². The Morgan fingerprint density at radius 2 is 1.85 bits per heavy atom. The van der Waals surface area contributed by atoms with Crippen LogP contribution in [-0.4, -0.2) is 36.7 Å². The summed E-state index contributed by atoms with van der Waals surface area (Å²) in [6.45, 7) is 3.99. The number of ether oxygens (including phenoxy) is 1. The van der Waals surface area contributed by atoms with Crippen molar-refractivity contribution in [2.24, 2.45) is 0 Å². The Kier molecular flexibility index (Phi) is 5.51. The number of hydrogen-bond acceptors (Lipinski definition) is 6. The van der Waals surface area contributed by atoms with Gasteiger partial charge in [0.15, 0.2) is 5.65 Å². The van der Waals surface area contributed by atoms with Crippen LogP contribution in [0.5, 0.6) is 0 Å². The molecule has 1 saturated heterocycles. The molecule has 2 unspecified atom stereocenters. The minimum Gasteiger partial charge on any atom is -0.373 e. The van der Waals surface area contributed by atoms with Crippen molar-refractivity contribution >= 4 is 11.2 Å². The fourth-order valence-electron chi connectivity index (χ4n) is 4.08. The van der Waals surface area contributed by atoms with Gasteiger partial charge in [0.1, 0.15) is 22.9 Å². The third-order valence-corrected chi connectivity index (χ3v) is 6.05. The van der Waals surface area contributed by atoms with Gasteiger partial charge in [-0.3, -0.25) is 5.10 Å². The molecule has 1 aliphatic heterocycles. The molecular formula is C23H20F4N6O. The second-order valence-electron chi connectivity index (χ2n) is 8.30. The van der Waals surface area contributed by atoms with Gasteiger partial charge in [0.05, 0.1) is 29.3 Å². The first-order chi connectivity index (χ1) is 16.2. The summed E-state index contributed by atoms with van der Waals surface area (Å²) >= 11 is 0. The molecule has 1 aromatic carbocycles. The van der Waals surface area contributed by atoms with Crippen molar-refractivity contribution in [2.45, 2.75) is 44.9 Å². The number of halogens is 4. The lowest BCUT2D eigenvalue weighted by molar-refractivity contribution is -0.137. The van der Waals surface area contributed by atoms with Gasteiger partial charge in [-0.05, 0) is 44.9 Å². The molecule has 4 aromatic rings. The van der Waals surface area contributed by atoms with E-state index < -0.39 is 17.6 Å². The Morgan fingerprint density at radius 1 is 1.06 bits per heavy atom. The predicted molar refractivity (Wildman–Crippen MR) is 114 cm³/mol. The molecule has 0 aliphatic carbocycles. The van der Waals surface area contributed by atoms with Gasteiger partial charge in [0.2, 0.25) is 0 Å². The number of benzene rings is 1. The van der Waals surface area contributed by atoms with E-state index in [1.54, 1.807) is 26.2 Å². The first kappa shape index (κ1) is 22.3. The Balaban J connectivity index is 1.63. The summed E-state index contributed by atoms with van der Waals surface area (Å²) in [5.41, 5.74) is 1.62. The van der Waals surface area contributed by atoms with Crippen LogP contribution in [0.15, 0.2) is 30.6 Å². The maximum absolute atomic E-state index is 15.0. The van der Waals surface area contributed by atoms with Crippen molar-refractivity contribution in [1.82, 2.24) is 30.1 Å². The van der Waals surface area contributed by atoms with Gasteiger partial charge in [0.25, 0.3) is 0 Å². The molecule has 7 nitrogen and oxygen atoms in total. The quantitative estimate of drug-likeness (QED) is 0.411. The number of alkyl halides is 3. The summed E-state index contributed by atoms with van der Waals surface area (Å²) in [5, 5.41) is 6.73. The van der Waals surface area contributed by atoms with E-state index in [4.69, 9.17) is 4.74 Å². The molecule has 1 fully saturated rings. The largest absolute Gasteiger partial charge is 0.416 e. The molecule has 0 radical (unpaired) electrons. The lowest BCUT2D eigenvalue weighted by atomic mass is 9.92. The Morgan fingerprint density at radius 3 is 2.56 bits per heavy atom.